The van der Waals surface area contributed by atoms with E-state index in [1.54, 1.807) is 68.0 Å². The van der Waals surface area contributed by atoms with Crippen LogP contribution in [0.3, 0.4) is 0 Å². The molecule has 2 heterocycles. The average molecular weight is 549 g/mol. The highest BCUT2D eigenvalue weighted by Gasteiger charge is 2.41. The summed E-state index contributed by atoms with van der Waals surface area (Å²) in [5, 5.41) is 3.32. The maximum absolute atomic E-state index is 14.2. The molecule has 4 amide bonds. The fourth-order valence-corrected chi connectivity index (χ4v) is 4.66. The molecule has 0 fully saturated rings. The molecule has 0 spiro atoms. The van der Waals surface area contributed by atoms with Gasteiger partial charge in [0, 0.05) is 32.9 Å². The van der Waals surface area contributed by atoms with Crippen molar-refractivity contribution < 1.29 is 22.8 Å². The topological polar surface area (TPSA) is 73.7 Å². The number of imidazole rings is 1. The van der Waals surface area contributed by atoms with Crippen molar-refractivity contribution >= 4 is 34.8 Å². The maximum Gasteiger partial charge on any atom is 0.416 e. The summed E-state index contributed by atoms with van der Waals surface area (Å²) < 4.78 is 43.1. The molecule has 0 radical (unpaired) electrons. The van der Waals surface area contributed by atoms with E-state index in [-0.39, 0.29) is 17.9 Å². The number of benzene rings is 3. The SMILES string of the molecule is CCN1C(=O)N(c2cccc(CNCc3cncn3C)c2)C(=O)N(c2ccccc2)c2cc(C(F)(F)F)ccc21. The molecule has 1 N–H and O–H groups in total. The molecule has 0 saturated heterocycles. The first kappa shape index (κ1) is 26.9. The largest absolute Gasteiger partial charge is 0.416 e. The Balaban J connectivity index is 1.56. The summed E-state index contributed by atoms with van der Waals surface area (Å²) in [5.74, 6) is 0. The van der Waals surface area contributed by atoms with E-state index < -0.39 is 23.8 Å². The number of fused-ring (bicyclic) bond motifs is 1. The Morgan fingerprint density at radius 3 is 2.25 bits per heavy atom. The first-order valence-corrected chi connectivity index (χ1v) is 12.7. The van der Waals surface area contributed by atoms with Gasteiger partial charge in [0.15, 0.2) is 0 Å². The third-order valence-electron chi connectivity index (χ3n) is 6.69. The van der Waals surface area contributed by atoms with Crippen molar-refractivity contribution in [3.05, 3.63) is 102 Å². The summed E-state index contributed by atoms with van der Waals surface area (Å²) in [4.78, 5) is 35.6. The van der Waals surface area contributed by atoms with E-state index in [9.17, 15) is 22.8 Å². The van der Waals surface area contributed by atoms with Crippen LogP contribution in [0.25, 0.3) is 0 Å². The Morgan fingerprint density at radius 2 is 1.57 bits per heavy atom. The number of carbonyl (C=O) groups is 2. The van der Waals surface area contributed by atoms with E-state index in [1.165, 1.54) is 11.0 Å². The van der Waals surface area contributed by atoms with E-state index >= 15 is 0 Å². The Labute approximate surface area is 229 Å². The Morgan fingerprint density at radius 1 is 0.825 bits per heavy atom. The average Bonchev–Trinajstić information content (AvgIpc) is 3.31. The predicted molar refractivity (Wildman–Crippen MR) is 147 cm³/mol. The van der Waals surface area contributed by atoms with Gasteiger partial charge in [-0.2, -0.15) is 13.2 Å². The molecule has 11 heteroatoms. The zero-order valence-corrected chi connectivity index (χ0v) is 21.9. The second kappa shape index (κ2) is 10.9. The minimum Gasteiger partial charge on any atom is -0.337 e. The number of amides is 4. The molecule has 5 rings (SSSR count). The molecule has 1 aromatic heterocycles. The van der Waals surface area contributed by atoms with Crippen LogP contribution in [0.5, 0.6) is 0 Å². The van der Waals surface area contributed by atoms with Crippen LogP contribution in [-0.4, -0.2) is 28.2 Å². The van der Waals surface area contributed by atoms with Crippen LogP contribution in [-0.2, 0) is 26.3 Å². The van der Waals surface area contributed by atoms with Crippen LogP contribution in [0.1, 0.15) is 23.7 Å². The van der Waals surface area contributed by atoms with Gasteiger partial charge in [-0.3, -0.25) is 9.80 Å². The van der Waals surface area contributed by atoms with Gasteiger partial charge in [0.25, 0.3) is 0 Å². The van der Waals surface area contributed by atoms with E-state index in [0.717, 1.165) is 33.2 Å². The summed E-state index contributed by atoms with van der Waals surface area (Å²) in [7, 11) is 1.90. The van der Waals surface area contributed by atoms with Gasteiger partial charge in [0.05, 0.1) is 40.3 Å². The molecule has 0 unspecified atom stereocenters. The Kier molecular flexibility index (Phi) is 7.31. The number of nitrogens with zero attached hydrogens (tertiary/aromatic N) is 5. The van der Waals surface area contributed by atoms with Crippen molar-refractivity contribution in [3.8, 4) is 0 Å². The number of hydrogen-bond acceptors (Lipinski definition) is 4. The van der Waals surface area contributed by atoms with Crippen molar-refractivity contribution in [1.29, 1.82) is 0 Å². The number of carbonyl (C=O) groups excluding carboxylic acids is 2. The number of aryl methyl sites for hydroxylation is 1. The molecule has 0 bridgehead atoms. The lowest BCUT2D eigenvalue weighted by Crippen LogP contribution is -2.48. The monoisotopic (exact) mass is 548 g/mol. The fraction of sp³-hybridized carbons (Fsp3) is 0.207. The number of para-hydroxylation sites is 1. The molecule has 0 atom stereocenters. The number of urea groups is 2. The molecule has 4 aromatic rings. The van der Waals surface area contributed by atoms with Crippen LogP contribution >= 0.6 is 0 Å². The molecule has 0 saturated carbocycles. The van der Waals surface area contributed by atoms with Crippen molar-refractivity contribution in [2.75, 3.05) is 21.2 Å². The van der Waals surface area contributed by atoms with E-state index in [0.29, 0.717) is 24.5 Å². The molecule has 1 aliphatic heterocycles. The zero-order valence-electron chi connectivity index (χ0n) is 21.9. The quantitative estimate of drug-likeness (QED) is 0.288. The first-order valence-electron chi connectivity index (χ1n) is 12.7. The summed E-state index contributed by atoms with van der Waals surface area (Å²) in [6.45, 7) is 2.85. The van der Waals surface area contributed by atoms with Crippen LogP contribution in [0.2, 0.25) is 0 Å². The second-order valence-electron chi connectivity index (χ2n) is 9.29. The molecular formula is C29H27F3N6O2. The molecule has 0 aliphatic carbocycles. The third-order valence-corrected chi connectivity index (χ3v) is 6.69. The second-order valence-corrected chi connectivity index (χ2v) is 9.29. The van der Waals surface area contributed by atoms with Crippen molar-refractivity contribution in [3.63, 3.8) is 0 Å². The number of hydrogen-bond donors (Lipinski definition) is 1. The summed E-state index contributed by atoms with van der Waals surface area (Å²) in [5.41, 5.74) is 1.69. The third kappa shape index (κ3) is 5.15. The van der Waals surface area contributed by atoms with Gasteiger partial charge in [0.2, 0.25) is 0 Å². The number of halogens is 3. The minimum atomic E-state index is -4.63. The predicted octanol–water partition coefficient (Wildman–Crippen LogP) is 6.45. The van der Waals surface area contributed by atoms with E-state index in [2.05, 4.69) is 10.3 Å². The van der Waals surface area contributed by atoms with Gasteiger partial charge in [0.1, 0.15) is 0 Å². The lowest BCUT2D eigenvalue weighted by molar-refractivity contribution is -0.137. The van der Waals surface area contributed by atoms with Crippen molar-refractivity contribution in [2.24, 2.45) is 7.05 Å². The van der Waals surface area contributed by atoms with Crippen LogP contribution in [0.4, 0.5) is 45.5 Å². The number of alkyl halides is 3. The van der Waals surface area contributed by atoms with Gasteiger partial charge in [-0.15, -0.1) is 0 Å². The van der Waals surface area contributed by atoms with Gasteiger partial charge >= 0.3 is 18.2 Å². The number of nitrogens with one attached hydrogen (secondary N) is 1. The lowest BCUT2D eigenvalue weighted by atomic mass is 10.1. The lowest BCUT2D eigenvalue weighted by Gasteiger charge is -2.27. The first-order chi connectivity index (χ1) is 19.2. The zero-order chi connectivity index (χ0) is 28.4. The molecule has 1 aliphatic rings. The van der Waals surface area contributed by atoms with Crippen molar-refractivity contribution in [2.45, 2.75) is 26.2 Å². The van der Waals surface area contributed by atoms with Crippen LogP contribution < -0.4 is 20.0 Å². The highest BCUT2D eigenvalue weighted by atomic mass is 19.4. The highest BCUT2D eigenvalue weighted by molar-refractivity contribution is 6.28. The van der Waals surface area contributed by atoms with Gasteiger partial charge in [-0.05, 0) is 55.0 Å². The smallest absolute Gasteiger partial charge is 0.337 e. The van der Waals surface area contributed by atoms with Gasteiger partial charge < -0.3 is 9.88 Å². The van der Waals surface area contributed by atoms with Crippen molar-refractivity contribution in [1.82, 2.24) is 14.9 Å². The van der Waals surface area contributed by atoms with Crippen LogP contribution in [0, 0.1) is 0 Å². The normalized spacial score (nSPS) is 14.0. The standard InChI is InChI=1S/C29H27F3N6O2/c1-3-36-25-13-12-21(29(30,31)32)15-26(25)37(22-9-5-4-6-10-22)28(40)38(27(36)39)23-11-7-8-20(14-23)16-33-17-24-18-34-19-35(24)2/h4-15,18-19,33H,3,16-17H2,1-2H3. The van der Waals surface area contributed by atoms with Gasteiger partial charge in [-0.1, -0.05) is 30.3 Å². The van der Waals surface area contributed by atoms with E-state index in [1.807, 2.05) is 17.7 Å². The molecule has 3 aromatic carbocycles. The van der Waals surface area contributed by atoms with Gasteiger partial charge in [-0.25, -0.2) is 19.5 Å². The molecule has 40 heavy (non-hydrogen) atoms. The number of anilines is 4. The number of aromatic nitrogens is 2. The van der Waals surface area contributed by atoms with E-state index in [4.69, 9.17) is 0 Å². The molecular weight excluding hydrogens is 521 g/mol. The van der Waals surface area contributed by atoms with Crippen LogP contribution in [0.15, 0.2) is 85.3 Å². The number of rotatable bonds is 7. The summed E-state index contributed by atoms with van der Waals surface area (Å²) in [6.07, 6.45) is -1.16. The number of imide groups is 1. The molecule has 8 nitrogen and oxygen atoms in total. The maximum atomic E-state index is 14.2. The minimum absolute atomic E-state index is 0.0299. The Hall–Kier alpha value is -4.64. The Bertz CT molecular complexity index is 1540. The fourth-order valence-electron chi connectivity index (χ4n) is 4.66. The summed E-state index contributed by atoms with van der Waals surface area (Å²) >= 11 is 0. The summed E-state index contributed by atoms with van der Waals surface area (Å²) in [6, 6.07) is 16.9. The highest BCUT2D eigenvalue weighted by Crippen LogP contribution is 2.43. The molecule has 206 valence electrons.